The van der Waals surface area contributed by atoms with Crippen LogP contribution in [0, 0.1) is 0 Å². The van der Waals surface area contributed by atoms with Gasteiger partial charge in [0.25, 0.3) is 0 Å². The molecule has 1 aromatic carbocycles. The molecule has 1 N–H and O–H groups in total. The van der Waals surface area contributed by atoms with Crippen molar-refractivity contribution in [3.05, 3.63) is 29.8 Å². The van der Waals surface area contributed by atoms with E-state index in [9.17, 15) is 9.59 Å². The van der Waals surface area contributed by atoms with Crippen LogP contribution in [0.4, 0.5) is 4.79 Å². The zero-order valence-electron chi connectivity index (χ0n) is 11.8. The lowest BCUT2D eigenvalue weighted by molar-refractivity contribution is -0.146. The highest BCUT2D eigenvalue weighted by atomic mass is 16.5. The lowest BCUT2D eigenvalue weighted by atomic mass is 10.0. The fourth-order valence-electron chi connectivity index (χ4n) is 2.23. The molecule has 1 aliphatic heterocycles. The molecular weight excluding hydrogens is 260 g/mol. The molecule has 2 amide bonds. The van der Waals surface area contributed by atoms with E-state index in [1.54, 1.807) is 18.9 Å². The third kappa shape index (κ3) is 2.68. The molecule has 2 rings (SSSR count). The Morgan fingerprint density at radius 3 is 2.55 bits per heavy atom. The molecular formula is C14H18N2O4. The molecule has 1 heterocycles. The number of urea groups is 1. The number of ether oxygens (including phenoxy) is 2. The molecule has 1 fully saturated rings. The first-order valence-electron chi connectivity index (χ1n) is 6.27. The van der Waals surface area contributed by atoms with E-state index >= 15 is 0 Å². The highest BCUT2D eigenvalue weighted by molar-refractivity contribution is 5.90. The summed E-state index contributed by atoms with van der Waals surface area (Å²) in [6, 6.07) is 7.18. The van der Waals surface area contributed by atoms with Crippen LogP contribution in [0.15, 0.2) is 24.3 Å². The average Bonchev–Trinajstić information content (AvgIpc) is 2.74. The molecule has 1 atom stereocenters. The Labute approximate surface area is 117 Å². The van der Waals surface area contributed by atoms with Gasteiger partial charge in [0.05, 0.1) is 20.8 Å². The van der Waals surface area contributed by atoms with Crippen LogP contribution in [-0.4, -0.2) is 43.2 Å². The number of hydrogen-bond acceptors (Lipinski definition) is 4. The second-order valence-electron chi connectivity index (χ2n) is 4.96. The van der Waals surface area contributed by atoms with Crippen LogP contribution in [0.25, 0.3) is 0 Å². The summed E-state index contributed by atoms with van der Waals surface area (Å²) in [4.78, 5) is 25.2. The zero-order chi connectivity index (χ0) is 14.8. The van der Waals surface area contributed by atoms with Crippen molar-refractivity contribution >= 4 is 12.0 Å². The molecule has 0 aromatic heterocycles. The maximum Gasteiger partial charge on any atom is 0.333 e. The van der Waals surface area contributed by atoms with Gasteiger partial charge >= 0.3 is 12.0 Å². The van der Waals surface area contributed by atoms with Crippen LogP contribution in [0.1, 0.15) is 12.5 Å². The lowest BCUT2D eigenvalue weighted by Gasteiger charge is -2.20. The van der Waals surface area contributed by atoms with Crippen molar-refractivity contribution < 1.29 is 19.1 Å². The summed E-state index contributed by atoms with van der Waals surface area (Å²) in [6.07, 6.45) is 0. The Balaban J connectivity index is 2.06. The van der Waals surface area contributed by atoms with E-state index in [0.717, 1.165) is 11.3 Å². The van der Waals surface area contributed by atoms with E-state index in [4.69, 9.17) is 9.47 Å². The number of hydrogen-bond donors (Lipinski definition) is 1. The molecule has 0 radical (unpaired) electrons. The van der Waals surface area contributed by atoms with Gasteiger partial charge in [0, 0.05) is 6.54 Å². The van der Waals surface area contributed by atoms with Crippen molar-refractivity contribution in [3.63, 3.8) is 0 Å². The number of methoxy groups -OCH3 is 2. The van der Waals surface area contributed by atoms with E-state index < -0.39 is 11.5 Å². The molecule has 6 nitrogen and oxygen atoms in total. The average molecular weight is 278 g/mol. The summed E-state index contributed by atoms with van der Waals surface area (Å²) in [5.74, 6) is 0.321. The Kier molecular flexibility index (Phi) is 3.83. The summed E-state index contributed by atoms with van der Waals surface area (Å²) in [5.41, 5.74) is -0.0201. The van der Waals surface area contributed by atoms with Gasteiger partial charge in [-0.05, 0) is 24.6 Å². The summed E-state index contributed by atoms with van der Waals surface area (Å²) < 4.78 is 9.80. The van der Waals surface area contributed by atoms with Crippen molar-refractivity contribution in [1.29, 1.82) is 0 Å². The maximum absolute atomic E-state index is 11.9. The van der Waals surface area contributed by atoms with E-state index in [0.29, 0.717) is 6.54 Å². The minimum absolute atomic E-state index is 0.270. The van der Waals surface area contributed by atoms with Crippen LogP contribution >= 0.6 is 0 Å². The smallest absolute Gasteiger partial charge is 0.333 e. The minimum Gasteiger partial charge on any atom is -0.497 e. The number of rotatable bonds is 4. The van der Waals surface area contributed by atoms with Crippen molar-refractivity contribution in [3.8, 4) is 5.75 Å². The number of carbonyl (C=O) groups excluding carboxylic acids is 2. The van der Waals surface area contributed by atoms with Gasteiger partial charge in [-0.1, -0.05) is 12.1 Å². The van der Waals surface area contributed by atoms with Crippen LogP contribution < -0.4 is 10.1 Å². The maximum atomic E-state index is 11.9. The molecule has 1 unspecified atom stereocenters. The van der Waals surface area contributed by atoms with Crippen molar-refractivity contribution in [2.75, 3.05) is 20.8 Å². The molecule has 6 heteroatoms. The summed E-state index contributed by atoms with van der Waals surface area (Å²) in [7, 11) is 2.91. The van der Waals surface area contributed by atoms with Gasteiger partial charge in [0.1, 0.15) is 5.75 Å². The predicted octanol–water partition coefficient (Wildman–Crippen LogP) is 1.15. The van der Waals surface area contributed by atoms with Gasteiger partial charge in [-0.2, -0.15) is 0 Å². The van der Waals surface area contributed by atoms with Crippen molar-refractivity contribution in [2.24, 2.45) is 0 Å². The summed E-state index contributed by atoms with van der Waals surface area (Å²) in [5, 5.41) is 2.66. The molecule has 0 spiro atoms. The van der Waals surface area contributed by atoms with Gasteiger partial charge in [-0.3, -0.25) is 0 Å². The monoisotopic (exact) mass is 278 g/mol. The first-order chi connectivity index (χ1) is 9.48. The highest BCUT2D eigenvalue weighted by Gasteiger charge is 2.45. The van der Waals surface area contributed by atoms with Gasteiger partial charge < -0.3 is 19.7 Å². The molecule has 1 aromatic rings. The van der Waals surface area contributed by atoms with E-state index in [1.165, 1.54) is 7.11 Å². The third-order valence-corrected chi connectivity index (χ3v) is 3.35. The Hall–Kier alpha value is -2.24. The van der Waals surface area contributed by atoms with E-state index in [1.807, 2.05) is 24.3 Å². The summed E-state index contributed by atoms with van der Waals surface area (Å²) in [6.45, 7) is 2.37. The van der Waals surface area contributed by atoms with Crippen LogP contribution in [0.3, 0.4) is 0 Å². The van der Waals surface area contributed by atoms with Gasteiger partial charge in [-0.25, -0.2) is 9.59 Å². The topological polar surface area (TPSA) is 67.9 Å². The van der Waals surface area contributed by atoms with Crippen LogP contribution in [-0.2, 0) is 16.1 Å². The quantitative estimate of drug-likeness (QED) is 0.839. The second kappa shape index (κ2) is 5.40. The molecule has 20 heavy (non-hydrogen) atoms. The first-order valence-corrected chi connectivity index (χ1v) is 6.27. The van der Waals surface area contributed by atoms with Crippen LogP contribution in [0.2, 0.25) is 0 Å². The van der Waals surface area contributed by atoms with Gasteiger partial charge in [-0.15, -0.1) is 0 Å². The standard InChI is InChI=1S/C14H18N2O4/c1-14(12(17)20-3)9-16(13(18)15-14)8-10-4-6-11(19-2)7-5-10/h4-7H,8-9H2,1-3H3,(H,15,18). The Bertz CT molecular complexity index is 514. The lowest BCUT2D eigenvalue weighted by Crippen LogP contribution is -2.48. The number of amides is 2. The predicted molar refractivity (Wildman–Crippen MR) is 72.4 cm³/mol. The Morgan fingerprint density at radius 2 is 2.00 bits per heavy atom. The number of esters is 1. The van der Waals surface area contributed by atoms with Crippen LogP contribution in [0.5, 0.6) is 5.75 Å². The second-order valence-corrected chi connectivity index (χ2v) is 4.96. The highest BCUT2D eigenvalue weighted by Crippen LogP contribution is 2.20. The number of benzene rings is 1. The van der Waals surface area contributed by atoms with Crippen molar-refractivity contribution in [1.82, 2.24) is 10.2 Å². The molecule has 0 bridgehead atoms. The third-order valence-electron chi connectivity index (χ3n) is 3.35. The van der Waals surface area contributed by atoms with Gasteiger partial charge in [0.2, 0.25) is 0 Å². The fraction of sp³-hybridized carbons (Fsp3) is 0.429. The van der Waals surface area contributed by atoms with Gasteiger partial charge in [0.15, 0.2) is 5.54 Å². The fourth-order valence-corrected chi connectivity index (χ4v) is 2.23. The molecule has 0 aliphatic carbocycles. The number of carbonyl (C=O) groups is 2. The number of nitrogens with one attached hydrogen (secondary N) is 1. The number of nitrogens with zero attached hydrogens (tertiary/aromatic N) is 1. The van der Waals surface area contributed by atoms with E-state index in [2.05, 4.69) is 5.32 Å². The minimum atomic E-state index is -0.988. The van der Waals surface area contributed by atoms with E-state index in [-0.39, 0.29) is 12.6 Å². The molecule has 108 valence electrons. The Morgan fingerprint density at radius 1 is 1.35 bits per heavy atom. The first kappa shape index (κ1) is 14.2. The zero-order valence-corrected chi connectivity index (χ0v) is 11.8. The SMILES string of the molecule is COC(=O)C1(C)CN(Cc2ccc(OC)cc2)C(=O)N1. The largest absolute Gasteiger partial charge is 0.497 e. The summed E-state index contributed by atoms with van der Waals surface area (Å²) >= 11 is 0. The normalized spacial score (nSPS) is 21.6. The molecule has 1 saturated heterocycles. The molecule has 1 aliphatic rings. The van der Waals surface area contributed by atoms with Crippen molar-refractivity contribution in [2.45, 2.75) is 19.0 Å². The molecule has 0 saturated carbocycles.